The number of phenolic OH excluding ortho intramolecular Hbond substituents is 1. The number of carboxylic acids is 4. The van der Waals surface area contributed by atoms with Crippen LogP contribution in [-0.2, 0) is 24.0 Å². The van der Waals surface area contributed by atoms with Crippen LogP contribution in [0.15, 0.2) is 101 Å². The summed E-state index contributed by atoms with van der Waals surface area (Å²) in [7, 11) is -2.75. The number of nitrogens with zero attached hydrogens (tertiary/aromatic N) is 2. The van der Waals surface area contributed by atoms with Crippen LogP contribution in [0.5, 0.6) is 17.2 Å². The van der Waals surface area contributed by atoms with Crippen molar-refractivity contribution in [1.29, 1.82) is 0 Å². The molecule has 4 aromatic carbocycles. The standard InChI is InChI=1S/C45H41Cl2N3O13Si/c1-24-18-25(8-10-27(24)40-28-11-14-32(51)41(46)43(28)64(2,3)44-29(40)12-15-33(52)42(44)47)45(61)48-26-9-13-31(50(22-38(57)58)23-39(59)60)35(19-26)63-17-16-62-34-7-5-4-6-30(34)49(20-36(53)54)21-37(55)56/h4-15,18-19,51H,16-17,20-23H2,1-3H3,(H,48,61)(H,53,54)(H,55,56)(H,57,58)(H,59,60). The number of ketones is 1. The van der Waals surface area contributed by atoms with Crippen LogP contribution in [0.3, 0.4) is 0 Å². The Hall–Kier alpha value is -7.08. The number of aliphatic carboxylic acids is 4. The van der Waals surface area contributed by atoms with E-state index in [9.17, 15) is 54.3 Å². The molecule has 2 aliphatic rings. The minimum atomic E-state index is -2.75. The third-order valence-electron chi connectivity index (χ3n) is 10.4. The topological polar surface area (TPSA) is 241 Å². The fraction of sp³-hybridized carbons (Fsp3) is 0.200. The van der Waals surface area contributed by atoms with Gasteiger partial charge in [0.1, 0.15) is 64.7 Å². The first kappa shape index (κ1) is 46.4. The fourth-order valence-corrected chi connectivity index (χ4v) is 12.9. The van der Waals surface area contributed by atoms with E-state index in [2.05, 4.69) is 5.32 Å². The Balaban J connectivity index is 1.29. The number of ether oxygens (including phenoxy) is 2. The molecule has 1 aliphatic heterocycles. The lowest BCUT2D eigenvalue weighted by Crippen LogP contribution is -2.50. The molecule has 1 amide bonds. The van der Waals surface area contributed by atoms with Crippen molar-refractivity contribution in [3.05, 3.63) is 128 Å². The maximum absolute atomic E-state index is 13.8. The fourth-order valence-electron chi connectivity index (χ4n) is 7.83. The van der Waals surface area contributed by atoms with Gasteiger partial charge in [-0.15, -0.1) is 0 Å². The number of hydrogen-bond donors (Lipinski definition) is 6. The number of hydrogen-bond acceptors (Lipinski definition) is 11. The number of anilines is 3. The van der Waals surface area contributed by atoms with E-state index in [4.69, 9.17) is 32.7 Å². The van der Waals surface area contributed by atoms with E-state index in [1.54, 1.807) is 42.5 Å². The second-order valence-corrected chi connectivity index (χ2v) is 20.2. The Kier molecular flexibility index (Phi) is 13.9. The number of amides is 1. The molecule has 6 N–H and O–H groups in total. The Bertz CT molecular complexity index is 2680. The van der Waals surface area contributed by atoms with Crippen LogP contribution in [0.1, 0.15) is 27.0 Å². The van der Waals surface area contributed by atoms with Crippen LogP contribution in [-0.4, -0.2) is 109 Å². The Morgan fingerprint density at radius 2 is 1.27 bits per heavy atom. The first-order chi connectivity index (χ1) is 30.3. The highest BCUT2D eigenvalue weighted by Crippen LogP contribution is 2.46. The molecule has 6 rings (SSSR count). The van der Waals surface area contributed by atoms with E-state index < -0.39 is 64.0 Å². The van der Waals surface area contributed by atoms with Crippen molar-refractivity contribution >= 4 is 94.7 Å². The van der Waals surface area contributed by atoms with Gasteiger partial charge in [0, 0.05) is 17.3 Å². The second-order valence-electron chi connectivity index (χ2n) is 15.2. The molecule has 1 aliphatic carbocycles. The van der Waals surface area contributed by atoms with E-state index in [0.717, 1.165) is 32.1 Å². The lowest BCUT2D eigenvalue weighted by molar-refractivity contribution is -0.138. The number of fused-ring (bicyclic) bond motifs is 2. The lowest BCUT2D eigenvalue weighted by atomic mass is 9.87. The molecule has 332 valence electrons. The van der Waals surface area contributed by atoms with Crippen LogP contribution >= 0.6 is 23.2 Å². The van der Waals surface area contributed by atoms with Crippen molar-refractivity contribution in [1.82, 2.24) is 0 Å². The SMILES string of the molecule is Cc1cc(C(=O)Nc2ccc(N(CC(=O)O)CC(=O)O)c(OCCOc3ccccc3N(CC(=O)O)CC(=O)O)c2)ccc1C1=C2C=CC(=O)C(Cl)=C2[Si](C)(C)c2c1ccc(O)c2Cl. The van der Waals surface area contributed by atoms with E-state index in [0.29, 0.717) is 15.9 Å². The van der Waals surface area contributed by atoms with Crippen molar-refractivity contribution in [3.8, 4) is 17.2 Å². The molecule has 0 fully saturated rings. The summed E-state index contributed by atoms with van der Waals surface area (Å²) < 4.78 is 11.9. The number of benzene rings is 4. The molecule has 0 unspecified atom stereocenters. The molecular formula is C45H41Cl2N3O13Si. The number of aromatic hydroxyl groups is 1. The number of aryl methyl sites for hydroxylation is 1. The average Bonchev–Trinajstić information content (AvgIpc) is 3.21. The largest absolute Gasteiger partial charge is 0.506 e. The number of carbonyl (C=O) groups excluding carboxylic acids is 2. The smallest absolute Gasteiger partial charge is 0.323 e. The predicted octanol–water partition coefficient (Wildman–Crippen LogP) is 5.92. The van der Waals surface area contributed by atoms with Gasteiger partial charge in [-0.1, -0.05) is 66.6 Å². The van der Waals surface area contributed by atoms with Crippen LogP contribution in [0.4, 0.5) is 17.1 Å². The highest BCUT2D eigenvalue weighted by atomic mass is 35.5. The number of allylic oxidation sites excluding steroid dienone is 5. The van der Waals surface area contributed by atoms with Crippen molar-refractivity contribution in [2.24, 2.45) is 0 Å². The van der Waals surface area contributed by atoms with Gasteiger partial charge in [0.15, 0.2) is 5.78 Å². The molecule has 0 radical (unpaired) electrons. The number of rotatable bonds is 18. The summed E-state index contributed by atoms with van der Waals surface area (Å²) in [6.45, 7) is 2.76. The van der Waals surface area contributed by atoms with Crippen LogP contribution < -0.4 is 29.8 Å². The number of phenols is 1. The molecule has 0 spiro atoms. The molecule has 19 heteroatoms. The second kappa shape index (κ2) is 19.1. The molecule has 0 saturated carbocycles. The highest BCUT2D eigenvalue weighted by molar-refractivity contribution is 6.99. The van der Waals surface area contributed by atoms with Gasteiger partial charge in [-0.05, 0) is 93.7 Å². The monoisotopic (exact) mass is 929 g/mol. The van der Waals surface area contributed by atoms with Gasteiger partial charge >= 0.3 is 23.9 Å². The van der Waals surface area contributed by atoms with E-state index >= 15 is 0 Å². The van der Waals surface area contributed by atoms with E-state index in [-0.39, 0.29) is 68.9 Å². The zero-order valence-electron chi connectivity index (χ0n) is 34.5. The molecule has 0 saturated heterocycles. The molecular weight excluding hydrogens is 889 g/mol. The summed E-state index contributed by atoms with van der Waals surface area (Å²) >= 11 is 13.5. The highest BCUT2D eigenvalue weighted by Gasteiger charge is 2.44. The van der Waals surface area contributed by atoms with Gasteiger partial charge in [-0.25, -0.2) is 0 Å². The quantitative estimate of drug-likeness (QED) is 0.0502. The number of carbonyl (C=O) groups is 6. The predicted molar refractivity (Wildman–Crippen MR) is 241 cm³/mol. The molecule has 1 heterocycles. The summed E-state index contributed by atoms with van der Waals surface area (Å²) in [5.74, 6) is -6.00. The third kappa shape index (κ3) is 9.91. The van der Waals surface area contributed by atoms with Gasteiger partial charge in [-0.3, -0.25) is 28.8 Å². The van der Waals surface area contributed by atoms with Gasteiger partial charge in [0.2, 0.25) is 0 Å². The summed E-state index contributed by atoms with van der Waals surface area (Å²) in [4.78, 5) is 75.4. The Labute approximate surface area is 376 Å². The third-order valence-corrected chi connectivity index (χ3v) is 15.1. The first-order valence-corrected chi connectivity index (χ1v) is 23.2. The average molecular weight is 931 g/mol. The molecule has 0 atom stereocenters. The number of halogens is 2. The first-order valence-electron chi connectivity index (χ1n) is 19.5. The molecule has 64 heavy (non-hydrogen) atoms. The van der Waals surface area contributed by atoms with Crippen LogP contribution in [0.2, 0.25) is 18.1 Å². The maximum atomic E-state index is 13.8. The number of para-hydroxylation sites is 2. The van der Waals surface area contributed by atoms with Crippen molar-refractivity contribution < 1.29 is 63.8 Å². The zero-order chi connectivity index (χ0) is 46.6. The van der Waals surface area contributed by atoms with Crippen molar-refractivity contribution in [2.75, 3.05) is 54.5 Å². The molecule has 0 aromatic heterocycles. The van der Waals surface area contributed by atoms with Gasteiger partial charge in [0.25, 0.3) is 5.91 Å². The minimum Gasteiger partial charge on any atom is -0.506 e. The van der Waals surface area contributed by atoms with E-state index in [1.165, 1.54) is 42.5 Å². The zero-order valence-corrected chi connectivity index (χ0v) is 37.0. The van der Waals surface area contributed by atoms with Crippen LogP contribution in [0.25, 0.3) is 5.57 Å². The molecule has 0 bridgehead atoms. The lowest BCUT2D eigenvalue weighted by Gasteiger charge is -2.39. The van der Waals surface area contributed by atoms with Gasteiger partial charge in [0.05, 0.1) is 21.4 Å². The maximum Gasteiger partial charge on any atom is 0.323 e. The van der Waals surface area contributed by atoms with Gasteiger partial charge in [-0.2, -0.15) is 0 Å². The summed E-state index contributed by atoms with van der Waals surface area (Å²) in [5.41, 5.74) is 4.36. The molecule has 16 nitrogen and oxygen atoms in total. The number of carboxylic acid groups (broad SMARTS) is 4. The van der Waals surface area contributed by atoms with Crippen molar-refractivity contribution in [3.63, 3.8) is 0 Å². The van der Waals surface area contributed by atoms with E-state index in [1.807, 2.05) is 20.0 Å². The van der Waals surface area contributed by atoms with Crippen LogP contribution in [0, 0.1) is 6.92 Å². The minimum absolute atomic E-state index is 0.0100. The summed E-state index contributed by atoms with van der Waals surface area (Å²) in [5, 5.41) is 53.0. The normalized spacial score (nSPS) is 13.7. The summed E-state index contributed by atoms with van der Waals surface area (Å²) in [6.07, 6.45) is 3.15. The summed E-state index contributed by atoms with van der Waals surface area (Å²) in [6, 6.07) is 18.8. The Morgan fingerprint density at radius 3 is 1.86 bits per heavy atom. The van der Waals surface area contributed by atoms with Crippen molar-refractivity contribution in [2.45, 2.75) is 20.0 Å². The van der Waals surface area contributed by atoms with Gasteiger partial charge < -0.3 is 50.1 Å². The Morgan fingerprint density at radius 1 is 0.703 bits per heavy atom. The molecule has 4 aromatic rings. The number of nitrogens with one attached hydrogen (secondary N) is 1.